The zero-order valence-corrected chi connectivity index (χ0v) is 20.9. The van der Waals surface area contributed by atoms with Crippen molar-refractivity contribution in [2.75, 3.05) is 57.5 Å². The van der Waals surface area contributed by atoms with Crippen molar-refractivity contribution in [2.24, 2.45) is 0 Å². The molecule has 184 valence electrons. The zero-order chi connectivity index (χ0) is 23.2. The molecule has 1 aliphatic heterocycles. The first kappa shape index (κ1) is 26.2. The molecule has 1 fully saturated rings. The molecule has 0 spiro atoms. The number of para-hydroxylation sites is 1. The Labute approximate surface area is 208 Å². The summed E-state index contributed by atoms with van der Waals surface area (Å²) < 4.78 is 31.8. The van der Waals surface area contributed by atoms with Gasteiger partial charge in [-0.1, -0.05) is 17.4 Å². The number of rotatable bonds is 9. The van der Waals surface area contributed by atoms with Gasteiger partial charge in [-0.25, -0.2) is 9.37 Å². The number of benzene rings is 2. The van der Waals surface area contributed by atoms with Crippen molar-refractivity contribution in [3.63, 3.8) is 0 Å². The van der Waals surface area contributed by atoms with Gasteiger partial charge in [-0.15, -0.1) is 12.4 Å². The van der Waals surface area contributed by atoms with Gasteiger partial charge >= 0.3 is 0 Å². The van der Waals surface area contributed by atoms with Crippen LogP contribution in [0, 0.1) is 5.82 Å². The van der Waals surface area contributed by atoms with Gasteiger partial charge in [0, 0.05) is 31.7 Å². The van der Waals surface area contributed by atoms with Crippen molar-refractivity contribution in [2.45, 2.75) is 13.8 Å². The molecule has 0 radical (unpaired) electrons. The number of anilines is 1. The summed E-state index contributed by atoms with van der Waals surface area (Å²) in [5, 5.41) is 0.472. The molecule has 4 rings (SSSR count). The van der Waals surface area contributed by atoms with Crippen LogP contribution in [0.15, 0.2) is 36.4 Å². The Kier molecular flexibility index (Phi) is 9.46. The average molecular weight is 510 g/mol. The van der Waals surface area contributed by atoms with Crippen LogP contribution in [0.5, 0.6) is 11.5 Å². The Bertz CT molecular complexity index is 1110. The molecule has 10 heteroatoms. The maximum absolute atomic E-state index is 14.3. The lowest BCUT2D eigenvalue weighted by Crippen LogP contribution is -2.43. The molecule has 0 saturated carbocycles. The van der Waals surface area contributed by atoms with Crippen molar-refractivity contribution in [3.8, 4) is 11.5 Å². The molecule has 0 N–H and O–H groups in total. The lowest BCUT2D eigenvalue weighted by Gasteiger charge is -2.29. The second-order valence-corrected chi connectivity index (χ2v) is 8.53. The van der Waals surface area contributed by atoms with E-state index in [2.05, 4.69) is 9.88 Å². The minimum absolute atomic E-state index is 0. The summed E-state index contributed by atoms with van der Waals surface area (Å²) in [6.07, 6.45) is 0. The van der Waals surface area contributed by atoms with Crippen LogP contribution in [-0.2, 0) is 4.74 Å². The van der Waals surface area contributed by atoms with Crippen LogP contribution in [0.25, 0.3) is 10.2 Å². The Balaban J connectivity index is 0.00000324. The van der Waals surface area contributed by atoms with Gasteiger partial charge in [-0.2, -0.15) is 0 Å². The highest BCUT2D eigenvalue weighted by atomic mass is 35.5. The van der Waals surface area contributed by atoms with E-state index in [-0.39, 0.29) is 23.8 Å². The highest BCUT2D eigenvalue weighted by Crippen LogP contribution is 2.33. The number of hydrogen-bond donors (Lipinski definition) is 0. The molecule has 0 aliphatic carbocycles. The van der Waals surface area contributed by atoms with Crippen LogP contribution in [0.2, 0.25) is 0 Å². The van der Waals surface area contributed by atoms with Crippen molar-refractivity contribution in [1.29, 1.82) is 0 Å². The summed E-state index contributed by atoms with van der Waals surface area (Å²) in [7, 11) is 0. The van der Waals surface area contributed by atoms with Crippen LogP contribution in [0.1, 0.15) is 24.2 Å². The van der Waals surface area contributed by atoms with E-state index < -0.39 is 5.82 Å². The highest BCUT2D eigenvalue weighted by molar-refractivity contribution is 7.22. The summed E-state index contributed by atoms with van der Waals surface area (Å²) in [5.74, 6) is 0.508. The molecule has 1 saturated heterocycles. The number of fused-ring (bicyclic) bond motifs is 1. The third-order valence-corrected chi connectivity index (χ3v) is 6.41. The number of nitrogens with zero attached hydrogens (tertiary/aromatic N) is 3. The maximum atomic E-state index is 14.3. The van der Waals surface area contributed by atoms with Gasteiger partial charge in [-0.05, 0) is 44.2 Å². The fraction of sp³-hybridized carbons (Fsp3) is 0.417. The number of thiazole rings is 1. The van der Waals surface area contributed by atoms with E-state index in [9.17, 15) is 9.18 Å². The molecular formula is C24H29ClFN3O4S. The zero-order valence-electron chi connectivity index (χ0n) is 19.3. The molecular weight excluding hydrogens is 481 g/mol. The van der Waals surface area contributed by atoms with Gasteiger partial charge in [0.1, 0.15) is 11.3 Å². The summed E-state index contributed by atoms with van der Waals surface area (Å²) in [6, 6.07) is 10.0. The average Bonchev–Trinajstić information content (AvgIpc) is 3.26. The summed E-state index contributed by atoms with van der Waals surface area (Å²) in [6.45, 7) is 8.81. The molecule has 7 nitrogen and oxygen atoms in total. The molecule has 3 aromatic rings. The first-order valence-corrected chi connectivity index (χ1v) is 12.0. The van der Waals surface area contributed by atoms with Gasteiger partial charge in [0.15, 0.2) is 16.6 Å². The van der Waals surface area contributed by atoms with Crippen molar-refractivity contribution >= 4 is 45.0 Å². The monoisotopic (exact) mass is 509 g/mol. The first-order valence-electron chi connectivity index (χ1n) is 11.2. The van der Waals surface area contributed by atoms with Gasteiger partial charge < -0.3 is 14.2 Å². The molecule has 2 aromatic carbocycles. The van der Waals surface area contributed by atoms with Crippen LogP contribution in [0.3, 0.4) is 0 Å². The Morgan fingerprint density at radius 2 is 1.88 bits per heavy atom. The topological polar surface area (TPSA) is 64.1 Å². The second-order valence-electron chi connectivity index (χ2n) is 7.52. The number of carbonyl (C=O) groups excluding carboxylic acids is 1. The summed E-state index contributed by atoms with van der Waals surface area (Å²) in [4.78, 5) is 22.0. The Hall–Kier alpha value is -2.46. The van der Waals surface area contributed by atoms with Gasteiger partial charge in [0.2, 0.25) is 0 Å². The Morgan fingerprint density at radius 1 is 1.15 bits per heavy atom. The standard InChI is InChI=1S/C24H28FN3O4S.ClH/c1-3-31-19-9-8-17(16-20(19)32-4-2)23(29)28(11-10-27-12-14-30-15-13-27)24-26-22-18(25)6-5-7-21(22)33-24;/h5-9,16H,3-4,10-15H2,1-2H3;1H. The van der Waals surface area contributed by atoms with Crippen LogP contribution in [-0.4, -0.2) is 68.4 Å². The molecule has 0 atom stereocenters. The molecule has 0 bridgehead atoms. The number of morpholine rings is 1. The largest absolute Gasteiger partial charge is 0.490 e. The van der Waals surface area contributed by atoms with E-state index in [1.807, 2.05) is 19.9 Å². The molecule has 1 aliphatic rings. The van der Waals surface area contributed by atoms with E-state index in [1.165, 1.54) is 17.4 Å². The van der Waals surface area contributed by atoms with Gasteiger partial charge in [0.25, 0.3) is 5.91 Å². The normalized spacial score (nSPS) is 14.0. The van der Waals surface area contributed by atoms with Crippen molar-refractivity contribution in [3.05, 3.63) is 47.8 Å². The Morgan fingerprint density at radius 3 is 2.59 bits per heavy atom. The van der Waals surface area contributed by atoms with Crippen molar-refractivity contribution in [1.82, 2.24) is 9.88 Å². The molecule has 2 heterocycles. The fourth-order valence-electron chi connectivity index (χ4n) is 3.71. The molecule has 34 heavy (non-hydrogen) atoms. The lowest BCUT2D eigenvalue weighted by atomic mass is 10.1. The number of hydrogen-bond acceptors (Lipinski definition) is 7. The van der Waals surface area contributed by atoms with E-state index in [1.54, 1.807) is 29.2 Å². The van der Waals surface area contributed by atoms with Crippen LogP contribution < -0.4 is 14.4 Å². The number of ether oxygens (including phenoxy) is 3. The quantitative estimate of drug-likeness (QED) is 0.419. The lowest BCUT2D eigenvalue weighted by molar-refractivity contribution is 0.0391. The molecule has 1 amide bonds. The molecule has 1 aromatic heterocycles. The maximum Gasteiger partial charge on any atom is 0.260 e. The van der Waals surface area contributed by atoms with Crippen LogP contribution >= 0.6 is 23.7 Å². The summed E-state index contributed by atoms with van der Waals surface area (Å²) in [5.41, 5.74) is 0.743. The predicted molar refractivity (Wildman–Crippen MR) is 135 cm³/mol. The molecule has 0 unspecified atom stereocenters. The highest BCUT2D eigenvalue weighted by Gasteiger charge is 2.24. The van der Waals surface area contributed by atoms with E-state index in [4.69, 9.17) is 14.2 Å². The fourth-order valence-corrected chi connectivity index (χ4v) is 4.71. The second kappa shape index (κ2) is 12.3. The van der Waals surface area contributed by atoms with Gasteiger partial charge in [-0.3, -0.25) is 14.6 Å². The minimum Gasteiger partial charge on any atom is -0.490 e. The third kappa shape index (κ3) is 5.96. The number of aromatic nitrogens is 1. The minimum atomic E-state index is -0.393. The van der Waals surface area contributed by atoms with E-state index >= 15 is 0 Å². The number of carbonyl (C=O) groups is 1. The number of halogens is 2. The number of amides is 1. The first-order chi connectivity index (χ1) is 16.1. The van der Waals surface area contributed by atoms with Crippen LogP contribution in [0.4, 0.5) is 9.52 Å². The van der Waals surface area contributed by atoms with Gasteiger partial charge in [0.05, 0.1) is 31.1 Å². The SMILES string of the molecule is CCOc1ccc(C(=O)N(CCN2CCOCC2)c2nc3c(F)cccc3s2)cc1OCC.Cl. The predicted octanol–water partition coefficient (Wildman–Crippen LogP) is 4.63. The third-order valence-electron chi connectivity index (χ3n) is 5.37. The summed E-state index contributed by atoms with van der Waals surface area (Å²) >= 11 is 1.31. The van der Waals surface area contributed by atoms with E-state index in [0.29, 0.717) is 66.4 Å². The van der Waals surface area contributed by atoms with E-state index in [0.717, 1.165) is 13.1 Å². The van der Waals surface area contributed by atoms with Crippen molar-refractivity contribution < 1.29 is 23.4 Å². The smallest absolute Gasteiger partial charge is 0.260 e.